The van der Waals surface area contributed by atoms with Gasteiger partial charge in [-0.1, -0.05) is 58.1 Å². The maximum absolute atomic E-state index is 14.4. The van der Waals surface area contributed by atoms with Gasteiger partial charge in [-0.25, -0.2) is 9.18 Å². The van der Waals surface area contributed by atoms with Gasteiger partial charge in [-0.15, -0.1) is 0 Å². The highest BCUT2D eigenvalue weighted by Gasteiger charge is 2.15. The van der Waals surface area contributed by atoms with E-state index < -0.39 is 11.8 Å². The van der Waals surface area contributed by atoms with Gasteiger partial charge in [-0.3, -0.25) is 4.98 Å². The zero-order valence-corrected chi connectivity index (χ0v) is 19.8. The molecule has 1 aromatic heterocycles. The molecule has 2 aromatic carbocycles. The fourth-order valence-electron chi connectivity index (χ4n) is 3.79. The molecule has 0 bridgehead atoms. The van der Waals surface area contributed by atoms with E-state index in [4.69, 9.17) is 4.74 Å². The standard InChI is InChI=1S/C29H34FNO2/c1-3-5-7-8-9-11-23-13-19-28(31-21-23)24-14-16-25(17-15-24)33-29(32)26-18-12-22(10-6-4-2)20-27(26)30/h12-21H,3-11H2,1-2H3. The van der Waals surface area contributed by atoms with Gasteiger partial charge in [0.05, 0.1) is 11.3 Å². The lowest BCUT2D eigenvalue weighted by molar-refractivity contribution is 0.0730. The first-order chi connectivity index (χ1) is 16.1. The molecule has 0 radical (unpaired) electrons. The third kappa shape index (κ3) is 7.52. The summed E-state index contributed by atoms with van der Waals surface area (Å²) in [5.41, 5.74) is 3.91. The van der Waals surface area contributed by atoms with Crippen molar-refractivity contribution in [2.75, 3.05) is 0 Å². The van der Waals surface area contributed by atoms with E-state index in [2.05, 4.69) is 24.9 Å². The molecule has 0 N–H and O–H groups in total. The number of carbonyl (C=O) groups excluding carboxylic acids is 1. The minimum atomic E-state index is -0.691. The smallest absolute Gasteiger partial charge is 0.346 e. The van der Waals surface area contributed by atoms with Crippen LogP contribution in [0.1, 0.15) is 80.3 Å². The molecule has 3 rings (SSSR count). The highest BCUT2D eigenvalue weighted by atomic mass is 19.1. The second-order valence-corrected chi connectivity index (χ2v) is 8.55. The molecule has 0 spiro atoms. The highest BCUT2D eigenvalue weighted by molar-refractivity contribution is 5.91. The maximum Gasteiger partial charge on any atom is 0.346 e. The Bertz CT molecular complexity index is 1010. The summed E-state index contributed by atoms with van der Waals surface area (Å²) in [7, 11) is 0. The largest absolute Gasteiger partial charge is 0.423 e. The number of unbranched alkanes of at least 4 members (excludes halogenated alkanes) is 5. The third-order valence-electron chi connectivity index (χ3n) is 5.83. The first kappa shape index (κ1) is 24.6. The summed E-state index contributed by atoms with van der Waals surface area (Å²) in [6.45, 7) is 4.32. The highest BCUT2D eigenvalue weighted by Crippen LogP contribution is 2.23. The van der Waals surface area contributed by atoms with E-state index in [1.807, 2.05) is 24.4 Å². The Labute approximate surface area is 197 Å². The third-order valence-corrected chi connectivity index (χ3v) is 5.83. The fraction of sp³-hybridized carbons (Fsp3) is 0.379. The molecule has 0 atom stereocenters. The van der Waals surface area contributed by atoms with Gasteiger partial charge < -0.3 is 4.74 Å². The average molecular weight is 448 g/mol. The van der Waals surface area contributed by atoms with Crippen molar-refractivity contribution < 1.29 is 13.9 Å². The zero-order valence-electron chi connectivity index (χ0n) is 19.8. The molecule has 3 aromatic rings. The van der Waals surface area contributed by atoms with E-state index in [1.165, 1.54) is 49.8 Å². The summed E-state index contributed by atoms with van der Waals surface area (Å²) in [6, 6.07) is 16.0. The van der Waals surface area contributed by atoms with Crippen molar-refractivity contribution in [2.45, 2.75) is 71.6 Å². The first-order valence-electron chi connectivity index (χ1n) is 12.2. The molecular formula is C29H34FNO2. The Hall–Kier alpha value is -3.01. The van der Waals surface area contributed by atoms with Crippen molar-refractivity contribution in [3.05, 3.63) is 83.3 Å². The number of aryl methyl sites for hydroxylation is 2. The van der Waals surface area contributed by atoms with Gasteiger partial charge in [-0.2, -0.15) is 0 Å². The van der Waals surface area contributed by atoms with Gasteiger partial charge >= 0.3 is 5.97 Å². The number of pyridine rings is 1. The summed E-state index contributed by atoms with van der Waals surface area (Å²) >= 11 is 0. The Morgan fingerprint density at radius 1 is 0.818 bits per heavy atom. The molecule has 0 unspecified atom stereocenters. The molecule has 0 fully saturated rings. The van der Waals surface area contributed by atoms with E-state index in [0.29, 0.717) is 5.75 Å². The number of esters is 1. The lowest BCUT2D eigenvalue weighted by Crippen LogP contribution is -2.11. The molecule has 0 amide bonds. The molecule has 0 aliphatic heterocycles. The van der Waals surface area contributed by atoms with Gasteiger partial charge in [0.25, 0.3) is 0 Å². The predicted octanol–water partition coefficient (Wildman–Crippen LogP) is 7.96. The number of ether oxygens (including phenoxy) is 1. The second kappa shape index (κ2) is 12.9. The number of benzene rings is 2. The van der Waals surface area contributed by atoms with Gasteiger partial charge in [0.2, 0.25) is 0 Å². The van der Waals surface area contributed by atoms with Crippen LogP contribution in [0, 0.1) is 5.82 Å². The van der Waals surface area contributed by atoms with Gasteiger partial charge in [0.1, 0.15) is 11.6 Å². The van der Waals surface area contributed by atoms with Crippen molar-refractivity contribution in [3.8, 4) is 17.0 Å². The van der Waals surface area contributed by atoms with E-state index in [-0.39, 0.29) is 5.56 Å². The predicted molar refractivity (Wildman–Crippen MR) is 132 cm³/mol. The van der Waals surface area contributed by atoms with Crippen molar-refractivity contribution in [1.29, 1.82) is 0 Å². The lowest BCUT2D eigenvalue weighted by atomic mass is 10.1. The van der Waals surface area contributed by atoms with Crippen LogP contribution < -0.4 is 4.74 Å². The molecule has 0 aliphatic rings. The number of hydrogen-bond donors (Lipinski definition) is 0. The van der Waals surface area contributed by atoms with Crippen LogP contribution in [0.5, 0.6) is 5.75 Å². The summed E-state index contributed by atoms with van der Waals surface area (Å²) in [4.78, 5) is 17.0. The Kier molecular flexibility index (Phi) is 9.61. The monoisotopic (exact) mass is 447 g/mol. The Morgan fingerprint density at radius 3 is 2.18 bits per heavy atom. The maximum atomic E-state index is 14.4. The quantitative estimate of drug-likeness (QED) is 0.161. The molecule has 4 heteroatoms. The van der Waals surface area contributed by atoms with E-state index >= 15 is 0 Å². The van der Waals surface area contributed by atoms with Crippen LogP contribution in [0.4, 0.5) is 4.39 Å². The van der Waals surface area contributed by atoms with Crippen LogP contribution in [-0.4, -0.2) is 11.0 Å². The lowest BCUT2D eigenvalue weighted by Gasteiger charge is -2.08. The molecule has 3 nitrogen and oxygen atoms in total. The second-order valence-electron chi connectivity index (χ2n) is 8.55. The SMILES string of the molecule is CCCCCCCc1ccc(-c2ccc(OC(=O)c3ccc(CCCC)cc3F)cc2)nc1. The zero-order chi connectivity index (χ0) is 23.5. The van der Waals surface area contributed by atoms with Crippen LogP contribution in [0.15, 0.2) is 60.8 Å². The molecule has 0 saturated carbocycles. The average Bonchev–Trinajstić information content (AvgIpc) is 2.83. The molecular weight excluding hydrogens is 413 g/mol. The molecule has 33 heavy (non-hydrogen) atoms. The van der Waals surface area contributed by atoms with Crippen molar-refractivity contribution in [3.63, 3.8) is 0 Å². The molecule has 1 heterocycles. The normalized spacial score (nSPS) is 10.9. The van der Waals surface area contributed by atoms with Gasteiger partial charge in [0, 0.05) is 11.8 Å². The number of halogens is 1. The number of carbonyl (C=O) groups is 1. The van der Waals surface area contributed by atoms with Gasteiger partial charge in [-0.05, 0) is 79.3 Å². The van der Waals surface area contributed by atoms with Crippen molar-refractivity contribution in [1.82, 2.24) is 4.98 Å². The molecule has 0 saturated heterocycles. The number of aromatic nitrogens is 1. The van der Waals surface area contributed by atoms with Crippen LogP contribution in [0.25, 0.3) is 11.3 Å². The number of nitrogens with zero attached hydrogens (tertiary/aromatic N) is 1. The van der Waals surface area contributed by atoms with E-state index in [9.17, 15) is 9.18 Å². The van der Waals surface area contributed by atoms with Crippen LogP contribution >= 0.6 is 0 Å². The molecule has 174 valence electrons. The minimum Gasteiger partial charge on any atom is -0.423 e. The van der Waals surface area contributed by atoms with Crippen LogP contribution in [-0.2, 0) is 12.8 Å². The summed E-state index contributed by atoms with van der Waals surface area (Å²) in [5, 5.41) is 0. The Balaban J connectivity index is 1.56. The summed E-state index contributed by atoms with van der Waals surface area (Å²) in [5.74, 6) is -0.856. The van der Waals surface area contributed by atoms with Gasteiger partial charge in [0.15, 0.2) is 0 Å². The van der Waals surface area contributed by atoms with Crippen molar-refractivity contribution >= 4 is 5.97 Å². The van der Waals surface area contributed by atoms with Crippen LogP contribution in [0.2, 0.25) is 0 Å². The number of rotatable bonds is 12. The van der Waals surface area contributed by atoms with Crippen molar-refractivity contribution in [2.24, 2.45) is 0 Å². The van der Waals surface area contributed by atoms with E-state index in [1.54, 1.807) is 18.2 Å². The van der Waals surface area contributed by atoms with E-state index in [0.717, 1.165) is 42.5 Å². The topological polar surface area (TPSA) is 39.2 Å². The number of hydrogen-bond acceptors (Lipinski definition) is 3. The minimum absolute atomic E-state index is 0.0497. The fourth-order valence-corrected chi connectivity index (χ4v) is 3.79. The molecule has 0 aliphatic carbocycles. The first-order valence-corrected chi connectivity index (χ1v) is 12.2. The summed E-state index contributed by atoms with van der Waals surface area (Å²) in [6.07, 6.45) is 12.2. The Morgan fingerprint density at radius 2 is 1.52 bits per heavy atom. The van der Waals surface area contributed by atoms with Crippen LogP contribution in [0.3, 0.4) is 0 Å². The summed E-state index contributed by atoms with van der Waals surface area (Å²) < 4.78 is 19.8.